The molecule has 0 amide bonds. The molecule has 1 aromatic carbocycles. The van der Waals surface area contributed by atoms with Crippen molar-refractivity contribution in [1.82, 2.24) is 19.8 Å². The fraction of sp³-hybridized carbons (Fsp3) is 0.529. The van der Waals surface area contributed by atoms with Crippen molar-refractivity contribution >= 4 is 5.69 Å². The van der Waals surface area contributed by atoms with Gasteiger partial charge < -0.3 is 14.9 Å². The first-order chi connectivity index (χ1) is 12.3. The van der Waals surface area contributed by atoms with E-state index < -0.39 is 0 Å². The van der Waals surface area contributed by atoms with E-state index in [4.69, 9.17) is 4.84 Å². The van der Waals surface area contributed by atoms with Crippen LogP contribution in [0.2, 0.25) is 0 Å². The lowest BCUT2D eigenvalue weighted by Crippen LogP contribution is -2.42. The third-order valence-electron chi connectivity index (χ3n) is 4.52. The summed E-state index contributed by atoms with van der Waals surface area (Å²) in [6, 6.07) is 8.08. The van der Waals surface area contributed by atoms with Gasteiger partial charge in [0, 0.05) is 18.7 Å². The van der Waals surface area contributed by atoms with E-state index in [1.165, 1.54) is 11.3 Å². The molecule has 140 valence electrons. The maximum Gasteiger partial charge on any atom is 0.233 e. The standard InChI is InChI=1S/C17H25N7O2/c1-17(2,3)21(4)24(25)20-26-16-8-9-22(11-16)14-6-5-7-15(10-14)23-13-18-12-19-23/h5-7,10,12-13,16H,8-9,11H2,1-4H3/b24-20+/t16-/m1/s1. The Morgan fingerprint density at radius 2 is 2.12 bits per heavy atom. The molecule has 1 atom stereocenters. The molecule has 0 saturated carbocycles. The van der Waals surface area contributed by atoms with E-state index in [0.717, 1.165) is 24.3 Å². The predicted octanol–water partition coefficient (Wildman–Crippen LogP) is 2.39. The van der Waals surface area contributed by atoms with Crippen LogP contribution in [0.3, 0.4) is 0 Å². The van der Waals surface area contributed by atoms with E-state index in [-0.39, 0.29) is 11.6 Å². The van der Waals surface area contributed by atoms with Gasteiger partial charge in [-0.15, -0.1) is 5.01 Å². The predicted molar refractivity (Wildman–Crippen MR) is 96.6 cm³/mol. The van der Waals surface area contributed by atoms with Gasteiger partial charge >= 0.3 is 0 Å². The lowest BCUT2D eigenvalue weighted by atomic mass is 10.1. The van der Waals surface area contributed by atoms with E-state index in [2.05, 4.69) is 26.3 Å². The summed E-state index contributed by atoms with van der Waals surface area (Å²) in [5.74, 6) is 0. The Bertz CT molecular complexity index is 755. The average Bonchev–Trinajstić information content (AvgIpc) is 3.30. The van der Waals surface area contributed by atoms with Crippen molar-refractivity contribution in [2.45, 2.75) is 38.8 Å². The zero-order valence-corrected chi connectivity index (χ0v) is 15.6. The van der Waals surface area contributed by atoms with Crippen LogP contribution < -0.4 is 4.90 Å². The van der Waals surface area contributed by atoms with Crippen LogP contribution >= 0.6 is 0 Å². The molecule has 1 aliphatic heterocycles. The molecule has 1 saturated heterocycles. The van der Waals surface area contributed by atoms with E-state index in [0.29, 0.717) is 11.5 Å². The van der Waals surface area contributed by atoms with Crippen LogP contribution in [0.25, 0.3) is 5.69 Å². The van der Waals surface area contributed by atoms with Crippen LogP contribution in [0.4, 0.5) is 5.69 Å². The van der Waals surface area contributed by atoms with Crippen molar-refractivity contribution in [2.24, 2.45) is 5.28 Å². The summed E-state index contributed by atoms with van der Waals surface area (Å²) >= 11 is 0. The summed E-state index contributed by atoms with van der Waals surface area (Å²) in [6.45, 7) is 7.33. The van der Waals surface area contributed by atoms with Gasteiger partial charge in [-0.3, -0.25) is 0 Å². The fourth-order valence-electron chi connectivity index (χ4n) is 2.64. The van der Waals surface area contributed by atoms with E-state index in [9.17, 15) is 5.21 Å². The highest BCUT2D eigenvalue weighted by Crippen LogP contribution is 2.24. The Morgan fingerprint density at radius 3 is 2.81 bits per heavy atom. The molecule has 26 heavy (non-hydrogen) atoms. The molecule has 1 aliphatic rings. The normalized spacial score (nSPS) is 18.2. The molecule has 0 radical (unpaired) electrons. The summed E-state index contributed by atoms with van der Waals surface area (Å²) in [5, 5.41) is 21.4. The quantitative estimate of drug-likeness (QED) is 0.463. The number of hydrogen-bond acceptors (Lipinski definition) is 6. The lowest BCUT2D eigenvalue weighted by molar-refractivity contribution is -0.720. The van der Waals surface area contributed by atoms with Gasteiger partial charge in [0.05, 0.1) is 29.8 Å². The second-order valence-corrected chi connectivity index (χ2v) is 7.35. The first kappa shape index (κ1) is 18.0. The van der Waals surface area contributed by atoms with Gasteiger partial charge in [0.25, 0.3) is 0 Å². The first-order valence-electron chi connectivity index (χ1n) is 8.62. The number of rotatable bonds is 5. The van der Waals surface area contributed by atoms with E-state index in [1.807, 2.05) is 39.0 Å². The molecule has 9 nitrogen and oxygen atoms in total. The molecule has 0 bridgehead atoms. The lowest BCUT2D eigenvalue weighted by Gasteiger charge is -2.26. The van der Waals surface area contributed by atoms with Crippen LogP contribution in [0.5, 0.6) is 0 Å². The maximum atomic E-state index is 12.0. The maximum absolute atomic E-state index is 12.0. The van der Waals surface area contributed by atoms with Crippen LogP contribution in [0, 0.1) is 5.21 Å². The molecule has 0 spiro atoms. The average molecular weight is 359 g/mol. The largest absolute Gasteiger partial charge is 0.569 e. The summed E-state index contributed by atoms with van der Waals surface area (Å²) < 4.78 is 1.72. The molecule has 2 heterocycles. The monoisotopic (exact) mass is 359 g/mol. The van der Waals surface area contributed by atoms with Crippen LogP contribution in [-0.4, -0.2) is 56.5 Å². The van der Waals surface area contributed by atoms with Crippen LogP contribution in [0.15, 0.2) is 42.2 Å². The van der Waals surface area contributed by atoms with Gasteiger partial charge in [0.1, 0.15) is 12.7 Å². The van der Waals surface area contributed by atoms with E-state index in [1.54, 1.807) is 18.1 Å². The SMILES string of the molecule is CN(/[N+]([O-])=N\O[C@@H]1CCN(c2cccc(-n3cncn3)c2)C1)C(C)(C)C. The highest BCUT2D eigenvalue weighted by molar-refractivity contribution is 5.53. The summed E-state index contributed by atoms with van der Waals surface area (Å²) in [7, 11) is 1.69. The second kappa shape index (κ2) is 7.19. The Labute approximate surface area is 153 Å². The molecule has 3 rings (SSSR count). The second-order valence-electron chi connectivity index (χ2n) is 7.35. The number of anilines is 1. The molecule has 1 aromatic heterocycles. The molecular formula is C17H25N7O2. The van der Waals surface area contributed by atoms with Crippen LogP contribution in [-0.2, 0) is 4.84 Å². The topological polar surface area (TPSA) is 84.9 Å². The summed E-state index contributed by atoms with van der Waals surface area (Å²) in [4.78, 5) is 12.2. The minimum atomic E-state index is -0.321. The molecule has 9 heteroatoms. The summed E-state index contributed by atoms with van der Waals surface area (Å²) in [6.07, 6.45) is 3.87. The number of nitrogens with zero attached hydrogens (tertiary/aromatic N) is 7. The third-order valence-corrected chi connectivity index (χ3v) is 4.52. The minimum Gasteiger partial charge on any atom is -0.569 e. The van der Waals surface area contributed by atoms with Gasteiger partial charge in [-0.2, -0.15) is 5.10 Å². The zero-order valence-electron chi connectivity index (χ0n) is 15.6. The van der Waals surface area contributed by atoms with Crippen molar-refractivity contribution < 1.29 is 9.81 Å². The van der Waals surface area contributed by atoms with Gasteiger partial charge in [-0.05, 0) is 39.0 Å². The molecule has 0 N–H and O–H groups in total. The Kier molecular flexibility index (Phi) is 4.97. The Morgan fingerprint density at radius 1 is 1.35 bits per heavy atom. The van der Waals surface area contributed by atoms with Gasteiger partial charge in [-0.1, -0.05) is 6.07 Å². The Balaban J connectivity index is 1.62. The van der Waals surface area contributed by atoms with E-state index >= 15 is 0 Å². The number of hydrazine groups is 1. The minimum absolute atomic E-state index is 0.116. The van der Waals surface area contributed by atoms with Crippen molar-refractivity contribution in [3.8, 4) is 5.69 Å². The van der Waals surface area contributed by atoms with Crippen molar-refractivity contribution in [1.29, 1.82) is 0 Å². The molecule has 0 unspecified atom stereocenters. The zero-order chi connectivity index (χ0) is 18.7. The smallest absolute Gasteiger partial charge is 0.233 e. The highest BCUT2D eigenvalue weighted by atomic mass is 16.7. The first-order valence-corrected chi connectivity index (χ1v) is 8.62. The number of aromatic nitrogens is 3. The van der Waals surface area contributed by atoms with Crippen molar-refractivity contribution in [2.75, 3.05) is 25.0 Å². The van der Waals surface area contributed by atoms with Crippen molar-refractivity contribution in [3.05, 3.63) is 42.1 Å². The molecular weight excluding hydrogens is 334 g/mol. The molecule has 0 aliphatic carbocycles. The van der Waals surface area contributed by atoms with Gasteiger partial charge in [0.15, 0.2) is 6.10 Å². The highest BCUT2D eigenvalue weighted by Gasteiger charge is 2.27. The Hall–Kier alpha value is -2.84. The third kappa shape index (κ3) is 4.04. The van der Waals surface area contributed by atoms with Gasteiger partial charge in [-0.25, -0.2) is 9.67 Å². The summed E-state index contributed by atoms with van der Waals surface area (Å²) in [5.41, 5.74) is 1.71. The number of hydrogen-bond donors (Lipinski definition) is 0. The molecule has 1 fully saturated rings. The van der Waals surface area contributed by atoms with Crippen molar-refractivity contribution in [3.63, 3.8) is 0 Å². The number of benzene rings is 1. The fourth-order valence-corrected chi connectivity index (χ4v) is 2.64. The van der Waals surface area contributed by atoms with Gasteiger partial charge in [0.2, 0.25) is 5.28 Å². The molecule has 2 aromatic rings. The van der Waals surface area contributed by atoms with Crippen LogP contribution in [0.1, 0.15) is 27.2 Å².